The first-order valence-corrected chi connectivity index (χ1v) is 12.1. The highest BCUT2D eigenvalue weighted by atomic mass is 32.2. The molecule has 4 aromatic rings. The number of benzene rings is 3. The number of nitro groups is 1. The molecule has 1 aromatic heterocycles. The Balaban J connectivity index is 1.83. The number of methoxy groups -OCH3 is 1. The van der Waals surface area contributed by atoms with Gasteiger partial charge in [-0.1, -0.05) is 30.0 Å². The molecule has 0 radical (unpaired) electrons. The summed E-state index contributed by atoms with van der Waals surface area (Å²) >= 11 is 1.27. The number of ether oxygens (including phenoxy) is 1. The molecule has 36 heavy (non-hydrogen) atoms. The van der Waals surface area contributed by atoms with E-state index in [-0.39, 0.29) is 23.2 Å². The smallest absolute Gasteiger partial charge is 0.269 e. The number of thioether (sulfide) groups is 1. The lowest BCUT2D eigenvalue weighted by atomic mass is 10.1. The minimum atomic E-state index is -0.446. The number of nitrogens with one attached hydrogen (secondary N) is 1. The van der Waals surface area contributed by atoms with Crippen LogP contribution in [0.2, 0.25) is 0 Å². The average Bonchev–Trinajstić information content (AvgIpc) is 2.87. The number of nitrogens with zero attached hydrogens (tertiary/aromatic N) is 3. The van der Waals surface area contributed by atoms with Gasteiger partial charge in [0.25, 0.3) is 17.2 Å². The molecule has 184 valence electrons. The fourth-order valence-corrected chi connectivity index (χ4v) is 4.59. The minimum Gasteiger partial charge on any atom is -0.497 e. The minimum absolute atomic E-state index is 0.00874. The molecule has 0 atom stereocenters. The first-order chi connectivity index (χ1) is 17.3. The zero-order valence-electron chi connectivity index (χ0n) is 19.9. The van der Waals surface area contributed by atoms with Crippen LogP contribution in [0.15, 0.2) is 76.7 Å². The molecule has 0 saturated carbocycles. The molecule has 4 rings (SSSR count). The predicted molar refractivity (Wildman–Crippen MR) is 139 cm³/mol. The number of hydrogen-bond donors (Lipinski definition) is 1. The Labute approximate surface area is 211 Å². The van der Waals surface area contributed by atoms with E-state index >= 15 is 0 Å². The second kappa shape index (κ2) is 10.6. The van der Waals surface area contributed by atoms with Crippen LogP contribution in [0.3, 0.4) is 0 Å². The summed E-state index contributed by atoms with van der Waals surface area (Å²) in [5.41, 5.74) is 1.76. The largest absolute Gasteiger partial charge is 0.497 e. The molecule has 1 heterocycles. The van der Waals surface area contributed by atoms with Gasteiger partial charge in [-0.3, -0.25) is 24.3 Å². The van der Waals surface area contributed by atoms with Gasteiger partial charge < -0.3 is 10.1 Å². The van der Waals surface area contributed by atoms with E-state index in [0.717, 1.165) is 0 Å². The van der Waals surface area contributed by atoms with E-state index in [2.05, 4.69) is 5.32 Å². The van der Waals surface area contributed by atoms with Crippen molar-refractivity contribution in [2.75, 3.05) is 7.11 Å². The maximum atomic E-state index is 13.6. The van der Waals surface area contributed by atoms with Crippen LogP contribution in [0.1, 0.15) is 29.8 Å². The van der Waals surface area contributed by atoms with Gasteiger partial charge in [0.1, 0.15) is 5.75 Å². The van der Waals surface area contributed by atoms with Crippen LogP contribution in [-0.4, -0.2) is 33.5 Å². The Hall–Kier alpha value is -4.18. The molecular weight excluding hydrogens is 480 g/mol. The van der Waals surface area contributed by atoms with Crippen molar-refractivity contribution in [3.05, 3.63) is 98.3 Å². The molecule has 0 unspecified atom stereocenters. The monoisotopic (exact) mass is 504 g/mol. The van der Waals surface area contributed by atoms with Crippen LogP contribution < -0.4 is 15.6 Å². The molecule has 3 aromatic carbocycles. The molecule has 0 saturated heterocycles. The maximum Gasteiger partial charge on any atom is 0.269 e. The van der Waals surface area contributed by atoms with E-state index < -0.39 is 4.92 Å². The fourth-order valence-electron chi connectivity index (χ4n) is 3.63. The molecule has 10 heteroatoms. The van der Waals surface area contributed by atoms with Crippen molar-refractivity contribution >= 4 is 34.3 Å². The molecular formula is C26H24N4O5S. The van der Waals surface area contributed by atoms with Crippen LogP contribution in [0.5, 0.6) is 5.75 Å². The van der Waals surface area contributed by atoms with E-state index in [1.807, 2.05) is 13.8 Å². The number of carbonyl (C=O) groups excluding carboxylic acids is 1. The van der Waals surface area contributed by atoms with Gasteiger partial charge in [0.05, 0.1) is 28.6 Å². The molecule has 0 aliphatic rings. The van der Waals surface area contributed by atoms with Gasteiger partial charge in [0.15, 0.2) is 5.16 Å². The zero-order chi connectivity index (χ0) is 25.8. The van der Waals surface area contributed by atoms with E-state index in [0.29, 0.717) is 44.4 Å². The number of carbonyl (C=O) groups is 1. The Morgan fingerprint density at radius 2 is 1.92 bits per heavy atom. The third kappa shape index (κ3) is 5.38. The van der Waals surface area contributed by atoms with Crippen molar-refractivity contribution in [3.63, 3.8) is 0 Å². The molecule has 0 bridgehead atoms. The molecule has 0 aliphatic heterocycles. The van der Waals surface area contributed by atoms with Crippen molar-refractivity contribution < 1.29 is 14.5 Å². The molecule has 1 amide bonds. The molecule has 1 N–H and O–H groups in total. The van der Waals surface area contributed by atoms with Gasteiger partial charge in [-0.05, 0) is 49.7 Å². The van der Waals surface area contributed by atoms with Gasteiger partial charge in [-0.25, -0.2) is 4.98 Å². The van der Waals surface area contributed by atoms with Crippen LogP contribution >= 0.6 is 11.8 Å². The summed E-state index contributed by atoms with van der Waals surface area (Å²) in [6.07, 6.45) is 0. The SMILES string of the molecule is COc1cccc(-n2c(SCc3cccc([N+](=O)[O-])c3)nc3cc(C(=O)NC(C)C)ccc3c2=O)c1. The van der Waals surface area contributed by atoms with Crippen LogP contribution in [0, 0.1) is 10.1 Å². The second-order valence-electron chi connectivity index (χ2n) is 8.31. The first kappa shape index (κ1) is 24.9. The van der Waals surface area contributed by atoms with Crippen LogP contribution in [0.4, 0.5) is 5.69 Å². The van der Waals surface area contributed by atoms with Gasteiger partial charge in [-0.15, -0.1) is 0 Å². The van der Waals surface area contributed by atoms with Gasteiger partial charge >= 0.3 is 0 Å². The van der Waals surface area contributed by atoms with Crippen molar-refractivity contribution in [3.8, 4) is 11.4 Å². The predicted octanol–water partition coefficient (Wildman–Crippen LogP) is 4.73. The lowest BCUT2D eigenvalue weighted by molar-refractivity contribution is -0.384. The highest BCUT2D eigenvalue weighted by Gasteiger charge is 2.17. The van der Waals surface area contributed by atoms with Crippen molar-refractivity contribution in [2.24, 2.45) is 0 Å². The summed E-state index contributed by atoms with van der Waals surface area (Å²) in [4.78, 5) is 41.6. The molecule has 0 spiro atoms. The van der Waals surface area contributed by atoms with Crippen LogP contribution in [0.25, 0.3) is 16.6 Å². The van der Waals surface area contributed by atoms with Crippen molar-refractivity contribution in [1.29, 1.82) is 0 Å². The topological polar surface area (TPSA) is 116 Å². The standard InChI is InChI=1S/C26H24N4O5S/c1-16(2)27-24(31)18-10-11-22-23(13-18)28-26(36-15-17-6-4-8-20(12-17)30(33)34)29(25(22)32)19-7-5-9-21(14-19)35-3/h4-14,16H,15H2,1-3H3,(H,27,31). The molecule has 0 aliphatic carbocycles. The van der Waals surface area contributed by atoms with Crippen molar-refractivity contribution in [1.82, 2.24) is 14.9 Å². The van der Waals surface area contributed by atoms with Gasteiger partial charge in [0, 0.05) is 35.6 Å². The first-order valence-electron chi connectivity index (χ1n) is 11.1. The van der Waals surface area contributed by atoms with E-state index in [4.69, 9.17) is 9.72 Å². The van der Waals surface area contributed by atoms with Gasteiger partial charge in [-0.2, -0.15) is 0 Å². The van der Waals surface area contributed by atoms with E-state index in [1.54, 1.807) is 61.7 Å². The average molecular weight is 505 g/mol. The normalized spacial score (nSPS) is 11.0. The summed E-state index contributed by atoms with van der Waals surface area (Å²) in [5.74, 6) is 0.670. The summed E-state index contributed by atoms with van der Waals surface area (Å²) in [6.45, 7) is 3.74. The number of fused-ring (bicyclic) bond motifs is 1. The quantitative estimate of drug-likeness (QED) is 0.160. The van der Waals surface area contributed by atoms with Crippen molar-refractivity contribution in [2.45, 2.75) is 30.8 Å². The Morgan fingerprint density at radius 3 is 2.64 bits per heavy atom. The summed E-state index contributed by atoms with van der Waals surface area (Å²) in [6, 6.07) is 18.2. The Morgan fingerprint density at radius 1 is 1.14 bits per heavy atom. The summed E-state index contributed by atoms with van der Waals surface area (Å²) in [5, 5.41) is 14.8. The summed E-state index contributed by atoms with van der Waals surface area (Å²) < 4.78 is 6.82. The lowest BCUT2D eigenvalue weighted by Gasteiger charge is -2.15. The molecule has 0 fully saturated rings. The molecule has 9 nitrogen and oxygen atoms in total. The highest BCUT2D eigenvalue weighted by Crippen LogP contribution is 2.27. The third-order valence-corrected chi connectivity index (χ3v) is 6.33. The highest BCUT2D eigenvalue weighted by molar-refractivity contribution is 7.98. The van der Waals surface area contributed by atoms with E-state index in [9.17, 15) is 19.7 Å². The zero-order valence-corrected chi connectivity index (χ0v) is 20.7. The van der Waals surface area contributed by atoms with Gasteiger partial charge in [0.2, 0.25) is 0 Å². The number of non-ortho nitro benzene ring substituents is 1. The lowest BCUT2D eigenvalue weighted by Crippen LogP contribution is -2.30. The number of rotatable bonds is 8. The van der Waals surface area contributed by atoms with Crippen LogP contribution in [-0.2, 0) is 5.75 Å². The fraction of sp³-hybridized carbons (Fsp3) is 0.192. The third-order valence-electron chi connectivity index (χ3n) is 5.32. The number of hydrogen-bond acceptors (Lipinski definition) is 7. The number of nitro benzene ring substituents is 1. The Kier molecular flexibility index (Phi) is 7.35. The number of aromatic nitrogens is 2. The second-order valence-corrected chi connectivity index (χ2v) is 9.25. The maximum absolute atomic E-state index is 13.6. The number of amides is 1. The Bertz CT molecular complexity index is 1520. The summed E-state index contributed by atoms with van der Waals surface area (Å²) in [7, 11) is 1.54. The van der Waals surface area contributed by atoms with E-state index in [1.165, 1.54) is 28.5 Å².